The van der Waals surface area contributed by atoms with E-state index >= 15 is 0 Å². The predicted molar refractivity (Wildman–Crippen MR) is 92.8 cm³/mol. The largest absolute Gasteiger partial charge is 0.356 e. The zero-order valence-corrected chi connectivity index (χ0v) is 13.9. The highest BCUT2D eigenvalue weighted by Gasteiger charge is 2.11. The Morgan fingerprint density at radius 1 is 1.25 bits per heavy atom. The van der Waals surface area contributed by atoms with Gasteiger partial charge < -0.3 is 5.32 Å². The van der Waals surface area contributed by atoms with Crippen molar-refractivity contribution in [2.75, 3.05) is 5.32 Å². The van der Waals surface area contributed by atoms with Crippen molar-refractivity contribution in [1.29, 1.82) is 0 Å². The zero-order valence-electron chi connectivity index (χ0n) is 12.3. The van der Waals surface area contributed by atoms with E-state index in [4.69, 9.17) is 11.6 Å². The van der Waals surface area contributed by atoms with E-state index in [1.807, 2.05) is 12.1 Å². The van der Waals surface area contributed by atoms with Gasteiger partial charge in [-0.25, -0.2) is 13.9 Å². The smallest absolute Gasteiger partial charge is 0.214 e. The van der Waals surface area contributed by atoms with Crippen molar-refractivity contribution in [3.63, 3.8) is 0 Å². The molecule has 1 aromatic carbocycles. The Balaban J connectivity index is 1.57. The van der Waals surface area contributed by atoms with E-state index in [0.717, 1.165) is 26.9 Å². The van der Waals surface area contributed by atoms with Crippen LogP contribution in [0.25, 0.3) is 16.2 Å². The maximum absolute atomic E-state index is 13.2. The number of nitrogens with one attached hydrogen (secondary N) is 1. The van der Waals surface area contributed by atoms with E-state index in [0.29, 0.717) is 6.54 Å². The fourth-order valence-electron chi connectivity index (χ4n) is 2.30. The molecular formula is C16H11ClFN5S. The van der Waals surface area contributed by atoms with Gasteiger partial charge in [0.2, 0.25) is 10.1 Å². The van der Waals surface area contributed by atoms with E-state index in [1.165, 1.54) is 17.4 Å². The predicted octanol–water partition coefficient (Wildman–Crippen LogP) is 4.26. The van der Waals surface area contributed by atoms with E-state index in [9.17, 15) is 4.39 Å². The number of aromatic nitrogens is 4. The van der Waals surface area contributed by atoms with Gasteiger partial charge >= 0.3 is 0 Å². The minimum Gasteiger partial charge on any atom is -0.356 e. The van der Waals surface area contributed by atoms with Gasteiger partial charge in [-0.1, -0.05) is 29.0 Å². The normalized spacial score (nSPS) is 11.1. The minimum atomic E-state index is -0.422. The molecule has 0 fully saturated rings. The van der Waals surface area contributed by atoms with Crippen molar-refractivity contribution in [2.45, 2.75) is 6.54 Å². The van der Waals surface area contributed by atoms with Gasteiger partial charge in [-0.15, -0.1) is 5.10 Å². The number of fused-ring (bicyclic) bond motifs is 1. The number of benzene rings is 1. The first-order valence-corrected chi connectivity index (χ1v) is 8.33. The number of halogens is 2. The summed E-state index contributed by atoms with van der Waals surface area (Å²) in [6, 6.07) is 8.48. The molecule has 3 heterocycles. The fourth-order valence-corrected chi connectivity index (χ4v) is 3.28. The molecule has 4 aromatic rings. The van der Waals surface area contributed by atoms with Crippen LogP contribution in [0.15, 0.2) is 48.9 Å². The minimum absolute atomic E-state index is 0.113. The lowest BCUT2D eigenvalue weighted by Gasteiger charge is -2.03. The summed E-state index contributed by atoms with van der Waals surface area (Å²) in [5.74, 6) is -0.422. The molecule has 0 atom stereocenters. The fraction of sp³-hybridized carbons (Fsp3) is 0.0625. The van der Waals surface area contributed by atoms with Crippen molar-refractivity contribution >= 4 is 33.0 Å². The molecule has 5 nitrogen and oxygen atoms in total. The van der Waals surface area contributed by atoms with Crippen molar-refractivity contribution in [1.82, 2.24) is 19.6 Å². The van der Waals surface area contributed by atoms with Gasteiger partial charge in [0.25, 0.3) is 0 Å². The molecular weight excluding hydrogens is 349 g/mol. The molecule has 0 amide bonds. The number of nitrogens with zero attached hydrogens (tertiary/aromatic N) is 4. The summed E-state index contributed by atoms with van der Waals surface area (Å²) < 4.78 is 15.0. The lowest BCUT2D eigenvalue weighted by atomic mass is 10.2. The molecule has 0 aliphatic rings. The number of rotatable bonds is 4. The summed E-state index contributed by atoms with van der Waals surface area (Å²) >= 11 is 7.24. The van der Waals surface area contributed by atoms with E-state index in [2.05, 4.69) is 20.4 Å². The Morgan fingerprint density at radius 3 is 2.96 bits per heavy atom. The van der Waals surface area contributed by atoms with Crippen molar-refractivity contribution in [3.05, 3.63) is 65.3 Å². The van der Waals surface area contributed by atoms with Gasteiger partial charge in [-0.3, -0.25) is 4.98 Å². The average Bonchev–Trinajstić information content (AvgIpc) is 3.17. The molecule has 120 valence electrons. The lowest BCUT2D eigenvalue weighted by molar-refractivity contribution is 0.627. The Kier molecular flexibility index (Phi) is 3.87. The van der Waals surface area contributed by atoms with Crippen molar-refractivity contribution < 1.29 is 4.39 Å². The maximum atomic E-state index is 13.2. The number of imidazole rings is 1. The van der Waals surface area contributed by atoms with Crippen LogP contribution >= 0.6 is 22.9 Å². The summed E-state index contributed by atoms with van der Waals surface area (Å²) in [6.45, 7) is 0.499. The SMILES string of the molecule is Fc1ccc(CNc2nn3c(-c4cccnc4)cnc3s2)cc1Cl. The molecule has 3 aromatic heterocycles. The highest BCUT2D eigenvalue weighted by Crippen LogP contribution is 2.26. The Bertz CT molecular complexity index is 998. The molecule has 1 N–H and O–H groups in total. The van der Waals surface area contributed by atoms with Gasteiger partial charge in [-0.2, -0.15) is 0 Å². The third-order valence-corrected chi connectivity index (χ3v) is 4.64. The summed E-state index contributed by atoms with van der Waals surface area (Å²) in [5.41, 5.74) is 2.71. The molecule has 8 heteroatoms. The van der Waals surface area contributed by atoms with E-state index in [1.54, 1.807) is 35.2 Å². The second-order valence-electron chi connectivity index (χ2n) is 5.09. The molecule has 0 spiro atoms. The first kappa shape index (κ1) is 15.0. The highest BCUT2D eigenvalue weighted by molar-refractivity contribution is 7.20. The molecule has 0 aliphatic heterocycles. The van der Waals surface area contributed by atoms with Gasteiger partial charge in [0.1, 0.15) is 5.82 Å². The zero-order chi connectivity index (χ0) is 16.5. The van der Waals surface area contributed by atoms with Crippen LogP contribution in [0.1, 0.15) is 5.56 Å². The van der Waals surface area contributed by atoms with Crippen LogP contribution in [-0.4, -0.2) is 19.6 Å². The second-order valence-corrected chi connectivity index (χ2v) is 6.45. The molecule has 0 saturated heterocycles. The monoisotopic (exact) mass is 359 g/mol. The molecule has 0 aliphatic carbocycles. The summed E-state index contributed by atoms with van der Waals surface area (Å²) in [7, 11) is 0. The topological polar surface area (TPSA) is 55.1 Å². The van der Waals surface area contributed by atoms with Crippen LogP contribution in [0.4, 0.5) is 9.52 Å². The Labute approximate surface area is 145 Å². The molecule has 0 radical (unpaired) electrons. The third-order valence-electron chi connectivity index (χ3n) is 3.47. The van der Waals surface area contributed by atoms with E-state index in [-0.39, 0.29) is 5.02 Å². The summed E-state index contributed by atoms with van der Waals surface area (Å²) in [4.78, 5) is 9.28. The lowest BCUT2D eigenvalue weighted by Crippen LogP contribution is -2.00. The van der Waals surface area contributed by atoms with Gasteiger partial charge in [0, 0.05) is 24.5 Å². The quantitative estimate of drug-likeness (QED) is 0.591. The second kappa shape index (κ2) is 6.18. The van der Waals surface area contributed by atoms with Gasteiger partial charge in [-0.05, 0) is 29.8 Å². The van der Waals surface area contributed by atoms with Gasteiger partial charge in [0.15, 0.2) is 0 Å². The highest BCUT2D eigenvalue weighted by atomic mass is 35.5. The molecule has 4 rings (SSSR count). The first-order valence-electron chi connectivity index (χ1n) is 7.13. The third kappa shape index (κ3) is 2.83. The van der Waals surface area contributed by atoms with E-state index < -0.39 is 5.82 Å². The maximum Gasteiger partial charge on any atom is 0.214 e. The number of hydrogen-bond acceptors (Lipinski definition) is 5. The van der Waals surface area contributed by atoms with Crippen LogP contribution in [-0.2, 0) is 6.54 Å². The standard InChI is InChI=1S/C16H11ClFN5S/c17-12-6-10(3-4-13(12)18)7-20-15-22-23-14(9-21-16(23)24-15)11-2-1-5-19-8-11/h1-6,8-9H,7H2,(H,20,22). The van der Waals surface area contributed by atoms with Crippen molar-refractivity contribution in [2.24, 2.45) is 0 Å². The van der Waals surface area contributed by atoms with Crippen LogP contribution in [0.2, 0.25) is 5.02 Å². The molecule has 0 saturated carbocycles. The van der Waals surface area contributed by atoms with Crippen LogP contribution < -0.4 is 5.32 Å². The summed E-state index contributed by atoms with van der Waals surface area (Å²) in [6.07, 6.45) is 5.28. The molecule has 0 bridgehead atoms. The van der Waals surface area contributed by atoms with Crippen LogP contribution in [0.3, 0.4) is 0 Å². The Hall–Kier alpha value is -2.51. The number of hydrogen-bond donors (Lipinski definition) is 1. The summed E-state index contributed by atoms with van der Waals surface area (Å²) in [5, 5.41) is 8.58. The molecule has 0 unspecified atom stereocenters. The first-order chi connectivity index (χ1) is 11.7. The Morgan fingerprint density at radius 2 is 2.17 bits per heavy atom. The average molecular weight is 360 g/mol. The van der Waals surface area contributed by atoms with Crippen LogP contribution in [0.5, 0.6) is 0 Å². The van der Waals surface area contributed by atoms with Crippen LogP contribution in [0, 0.1) is 5.82 Å². The number of anilines is 1. The van der Waals surface area contributed by atoms with Crippen molar-refractivity contribution in [3.8, 4) is 11.3 Å². The van der Waals surface area contributed by atoms with Gasteiger partial charge in [0.05, 0.1) is 16.9 Å². The molecule has 24 heavy (non-hydrogen) atoms. The number of pyridine rings is 1.